The van der Waals surface area contributed by atoms with Crippen LogP contribution in [0, 0.1) is 0 Å². The molecule has 3 heterocycles. The van der Waals surface area contributed by atoms with Crippen LogP contribution in [-0.4, -0.2) is 46.3 Å². The van der Waals surface area contributed by atoms with E-state index in [1.165, 1.54) is 37.2 Å². The van der Waals surface area contributed by atoms with Crippen molar-refractivity contribution in [1.82, 2.24) is 20.0 Å². The zero-order valence-corrected chi connectivity index (χ0v) is 15.1. The van der Waals surface area contributed by atoms with Crippen LogP contribution in [0.5, 0.6) is 0 Å². The van der Waals surface area contributed by atoms with Crippen LogP contribution in [0.15, 0.2) is 29.9 Å². The maximum atomic E-state index is 12.3. The topological polar surface area (TPSA) is 50.2 Å². The molecule has 0 unspecified atom stereocenters. The average molecular weight is 347 g/mol. The Morgan fingerprint density at radius 2 is 2.17 bits per heavy atom. The van der Waals surface area contributed by atoms with Crippen LogP contribution in [0.4, 0.5) is 0 Å². The second kappa shape index (κ2) is 8.44. The summed E-state index contributed by atoms with van der Waals surface area (Å²) in [5, 5.41) is 9.46. The van der Waals surface area contributed by atoms with Crippen molar-refractivity contribution in [3.63, 3.8) is 0 Å². The third kappa shape index (κ3) is 4.92. The molecule has 3 rings (SSSR count). The molecular formula is C18H26N4OS. The number of nitrogens with one attached hydrogen (secondary N) is 1. The molecule has 24 heavy (non-hydrogen) atoms. The van der Waals surface area contributed by atoms with Crippen LogP contribution < -0.4 is 5.32 Å². The van der Waals surface area contributed by atoms with Gasteiger partial charge in [0.15, 0.2) is 0 Å². The minimum Gasteiger partial charge on any atom is -0.349 e. The minimum atomic E-state index is -0.0386. The Bertz CT molecular complexity index is 631. The smallest absolute Gasteiger partial charge is 0.254 e. The molecule has 0 saturated carbocycles. The van der Waals surface area contributed by atoms with Crippen LogP contribution in [0.2, 0.25) is 0 Å². The largest absolute Gasteiger partial charge is 0.349 e. The van der Waals surface area contributed by atoms with Crippen LogP contribution in [-0.2, 0) is 13.0 Å². The van der Waals surface area contributed by atoms with Gasteiger partial charge in [-0.25, -0.2) is 0 Å². The first-order chi connectivity index (χ1) is 11.7. The van der Waals surface area contributed by atoms with Crippen molar-refractivity contribution < 1.29 is 4.79 Å². The van der Waals surface area contributed by atoms with Gasteiger partial charge in [0.1, 0.15) is 0 Å². The summed E-state index contributed by atoms with van der Waals surface area (Å²) in [6.45, 7) is 6.28. The summed E-state index contributed by atoms with van der Waals surface area (Å²) in [7, 11) is 0. The number of likely N-dealkylation sites (tertiary alicyclic amines) is 1. The van der Waals surface area contributed by atoms with E-state index in [0.717, 1.165) is 19.5 Å². The SMILES string of the molecule is C[C@@H](Cc1cccs1)NC(=O)c1cnn(CCN2CCCCC2)c1. The summed E-state index contributed by atoms with van der Waals surface area (Å²) < 4.78 is 1.88. The zero-order chi connectivity index (χ0) is 16.8. The quantitative estimate of drug-likeness (QED) is 0.839. The van der Waals surface area contributed by atoms with E-state index in [2.05, 4.69) is 26.8 Å². The van der Waals surface area contributed by atoms with Gasteiger partial charge in [0, 0.05) is 30.1 Å². The third-order valence-corrected chi connectivity index (χ3v) is 5.35. The molecule has 0 aromatic carbocycles. The first-order valence-corrected chi connectivity index (χ1v) is 9.67. The van der Waals surface area contributed by atoms with Crippen LogP contribution in [0.3, 0.4) is 0 Å². The number of thiophene rings is 1. The van der Waals surface area contributed by atoms with E-state index in [1.54, 1.807) is 17.5 Å². The van der Waals surface area contributed by atoms with E-state index in [4.69, 9.17) is 0 Å². The number of piperidine rings is 1. The maximum absolute atomic E-state index is 12.3. The molecule has 5 nitrogen and oxygen atoms in total. The molecule has 2 aromatic rings. The predicted molar refractivity (Wildman–Crippen MR) is 97.5 cm³/mol. The molecule has 130 valence electrons. The molecule has 1 fully saturated rings. The Morgan fingerprint density at radius 1 is 1.33 bits per heavy atom. The number of carbonyl (C=O) groups excluding carboxylic acids is 1. The number of nitrogens with zero attached hydrogens (tertiary/aromatic N) is 3. The van der Waals surface area contributed by atoms with E-state index in [9.17, 15) is 4.79 Å². The highest BCUT2D eigenvalue weighted by Gasteiger charge is 2.14. The number of carbonyl (C=O) groups is 1. The van der Waals surface area contributed by atoms with E-state index in [1.807, 2.05) is 23.9 Å². The fourth-order valence-corrected chi connectivity index (χ4v) is 3.95. The lowest BCUT2D eigenvalue weighted by Crippen LogP contribution is -2.33. The summed E-state index contributed by atoms with van der Waals surface area (Å²) in [6.07, 6.45) is 8.35. The molecule has 1 aliphatic rings. The van der Waals surface area contributed by atoms with Crippen molar-refractivity contribution in [2.24, 2.45) is 0 Å². The minimum absolute atomic E-state index is 0.0386. The molecular weight excluding hydrogens is 320 g/mol. The Balaban J connectivity index is 1.46. The third-order valence-electron chi connectivity index (χ3n) is 4.45. The fraction of sp³-hybridized carbons (Fsp3) is 0.556. The van der Waals surface area contributed by atoms with Crippen LogP contribution >= 0.6 is 11.3 Å². The van der Waals surface area contributed by atoms with Gasteiger partial charge in [-0.1, -0.05) is 12.5 Å². The van der Waals surface area contributed by atoms with Crippen molar-refractivity contribution in [3.8, 4) is 0 Å². The summed E-state index contributed by atoms with van der Waals surface area (Å²) in [5.74, 6) is -0.0386. The second-order valence-corrected chi connectivity index (χ2v) is 7.58. The van der Waals surface area contributed by atoms with Gasteiger partial charge in [-0.2, -0.15) is 5.10 Å². The molecule has 6 heteroatoms. The number of rotatable bonds is 7. The van der Waals surface area contributed by atoms with Gasteiger partial charge in [-0.3, -0.25) is 9.48 Å². The predicted octanol–water partition coefficient (Wildman–Crippen LogP) is 2.79. The number of hydrogen-bond donors (Lipinski definition) is 1. The number of hydrogen-bond acceptors (Lipinski definition) is 4. The molecule has 1 saturated heterocycles. The monoisotopic (exact) mass is 346 g/mol. The van der Waals surface area contributed by atoms with Gasteiger partial charge in [0.2, 0.25) is 0 Å². The summed E-state index contributed by atoms with van der Waals surface area (Å²) in [5.41, 5.74) is 0.645. The van der Waals surface area contributed by atoms with Crippen molar-refractivity contribution in [3.05, 3.63) is 40.3 Å². The fourth-order valence-electron chi connectivity index (χ4n) is 3.12. The van der Waals surface area contributed by atoms with Crippen molar-refractivity contribution in [1.29, 1.82) is 0 Å². The van der Waals surface area contributed by atoms with Gasteiger partial charge < -0.3 is 10.2 Å². The Labute approximate surface area is 147 Å². The van der Waals surface area contributed by atoms with Crippen molar-refractivity contribution in [2.75, 3.05) is 19.6 Å². The molecule has 0 bridgehead atoms. The maximum Gasteiger partial charge on any atom is 0.254 e. The Morgan fingerprint density at radius 3 is 2.92 bits per heavy atom. The van der Waals surface area contributed by atoms with Gasteiger partial charge >= 0.3 is 0 Å². The highest BCUT2D eigenvalue weighted by Crippen LogP contribution is 2.11. The zero-order valence-electron chi connectivity index (χ0n) is 14.3. The van der Waals surface area contributed by atoms with Gasteiger partial charge in [-0.15, -0.1) is 11.3 Å². The number of aromatic nitrogens is 2. The highest BCUT2D eigenvalue weighted by molar-refractivity contribution is 7.09. The second-order valence-electron chi connectivity index (χ2n) is 6.55. The lowest BCUT2D eigenvalue weighted by molar-refractivity contribution is 0.0940. The molecule has 1 aliphatic heterocycles. The summed E-state index contributed by atoms with van der Waals surface area (Å²) in [6, 6.07) is 4.26. The number of amides is 1. The van der Waals surface area contributed by atoms with E-state index < -0.39 is 0 Å². The molecule has 0 spiro atoms. The van der Waals surface area contributed by atoms with E-state index in [0.29, 0.717) is 5.56 Å². The normalized spacial score (nSPS) is 16.9. The lowest BCUT2D eigenvalue weighted by Gasteiger charge is -2.26. The van der Waals surface area contributed by atoms with Crippen molar-refractivity contribution in [2.45, 2.75) is 45.2 Å². The first-order valence-electron chi connectivity index (χ1n) is 8.79. The van der Waals surface area contributed by atoms with E-state index >= 15 is 0 Å². The standard InChI is InChI=1S/C18H26N4OS/c1-15(12-17-6-5-11-24-17)20-18(23)16-13-19-22(14-16)10-9-21-7-3-2-4-8-21/h5-6,11,13-15H,2-4,7-10,12H2,1H3,(H,20,23)/t15-/m0/s1. The van der Waals surface area contributed by atoms with Crippen LogP contribution in [0.1, 0.15) is 41.4 Å². The average Bonchev–Trinajstić information content (AvgIpc) is 3.25. The summed E-state index contributed by atoms with van der Waals surface area (Å²) >= 11 is 1.73. The van der Waals surface area contributed by atoms with E-state index in [-0.39, 0.29) is 11.9 Å². The molecule has 2 aromatic heterocycles. The molecule has 0 aliphatic carbocycles. The van der Waals surface area contributed by atoms with Gasteiger partial charge in [0.05, 0.1) is 18.3 Å². The van der Waals surface area contributed by atoms with Crippen LogP contribution in [0.25, 0.3) is 0 Å². The Hall–Kier alpha value is -1.66. The van der Waals surface area contributed by atoms with Gasteiger partial charge in [0.25, 0.3) is 5.91 Å². The van der Waals surface area contributed by atoms with Gasteiger partial charge in [-0.05, 0) is 44.3 Å². The molecule has 1 N–H and O–H groups in total. The summed E-state index contributed by atoms with van der Waals surface area (Å²) in [4.78, 5) is 16.1. The molecule has 0 radical (unpaired) electrons. The highest BCUT2D eigenvalue weighted by atomic mass is 32.1. The molecule has 1 amide bonds. The van der Waals surface area contributed by atoms with Crippen molar-refractivity contribution >= 4 is 17.2 Å². The first kappa shape index (κ1) is 17.2. The lowest BCUT2D eigenvalue weighted by atomic mass is 10.1. The molecule has 1 atom stereocenters. The Kier molecular flexibility index (Phi) is 6.04.